The van der Waals surface area contributed by atoms with Crippen molar-refractivity contribution in [1.82, 2.24) is 14.9 Å². The Morgan fingerprint density at radius 2 is 1.67 bits per heavy atom. The second-order valence-corrected chi connectivity index (χ2v) is 8.69. The van der Waals surface area contributed by atoms with Crippen LogP contribution in [0, 0.1) is 5.92 Å². The molecule has 0 radical (unpaired) electrons. The highest BCUT2D eigenvalue weighted by Crippen LogP contribution is 2.30. The van der Waals surface area contributed by atoms with Gasteiger partial charge in [0.05, 0.1) is 5.52 Å². The van der Waals surface area contributed by atoms with Gasteiger partial charge in [-0.1, -0.05) is 42.5 Å². The average Bonchev–Trinajstić information content (AvgIpc) is 3.31. The molecule has 0 spiro atoms. The monoisotopic (exact) mass is 401 g/mol. The molecule has 0 unspecified atom stereocenters. The number of para-hydroxylation sites is 1. The lowest BCUT2D eigenvalue weighted by Gasteiger charge is -2.36. The largest absolute Gasteiger partial charge is 0.356 e. The SMILES string of the molecule is c1ccc(CNc2nc(N3CCC[C@@H](CN4CCCC4)C3)c3ccccc3n2)cc1. The van der Waals surface area contributed by atoms with Gasteiger partial charge >= 0.3 is 0 Å². The molecule has 0 saturated carbocycles. The van der Waals surface area contributed by atoms with Crippen LogP contribution in [0.4, 0.5) is 11.8 Å². The Morgan fingerprint density at radius 3 is 2.53 bits per heavy atom. The van der Waals surface area contributed by atoms with Crippen molar-refractivity contribution in [3.63, 3.8) is 0 Å². The summed E-state index contributed by atoms with van der Waals surface area (Å²) < 4.78 is 0. The standard InChI is InChI=1S/C25H31N5/c1-2-9-20(10-3-1)17-26-25-27-23-13-5-4-12-22(23)24(28-25)30-16-8-11-21(19-30)18-29-14-6-7-15-29/h1-5,9-10,12-13,21H,6-8,11,14-19H2,(H,26,27,28)/t21-/m0/s1. The van der Waals surface area contributed by atoms with Gasteiger partial charge in [-0.2, -0.15) is 4.98 Å². The molecule has 3 aromatic rings. The van der Waals surface area contributed by atoms with Gasteiger partial charge in [0, 0.05) is 31.6 Å². The van der Waals surface area contributed by atoms with E-state index in [1.807, 2.05) is 6.07 Å². The van der Waals surface area contributed by atoms with E-state index in [-0.39, 0.29) is 0 Å². The summed E-state index contributed by atoms with van der Waals surface area (Å²) in [4.78, 5) is 14.9. The fourth-order valence-corrected chi connectivity index (χ4v) is 4.89. The zero-order valence-electron chi connectivity index (χ0n) is 17.6. The summed E-state index contributed by atoms with van der Waals surface area (Å²) in [5.74, 6) is 2.53. The van der Waals surface area contributed by atoms with Crippen LogP contribution < -0.4 is 10.2 Å². The van der Waals surface area contributed by atoms with Gasteiger partial charge < -0.3 is 15.1 Å². The van der Waals surface area contributed by atoms with Gasteiger partial charge in [-0.15, -0.1) is 0 Å². The van der Waals surface area contributed by atoms with E-state index in [9.17, 15) is 0 Å². The zero-order chi connectivity index (χ0) is 20.2. The molecule has 30 heavy (non-hydrogen) atoms. The second kappa shape index (κ2) is 9.00. The lowest BCUT2D eigenvalue weighted by atomic mass is 9.97. The Hall–Kier alpha value is -2.66. The summed E-state index contributed by atoms with van der Waals surface area (Å²) in [5.41, 5.74) is 2.25. The smallest absolute Gasteiger partial charge is 0.225 e. The molecule has 5 heteroatoms. The molecule has 3 heterocycles. The molecule has 1 atom stereocenters. The van der Waals surface area contributed by atoms with Crippen LogP contribution in [0.15, 0.2) is 54.6 Å². The van der Waals surface area contributed by atoms with E-state index in [4.69, 9.17) is 9.97 Å². The van der Waals surface area contributed by atoms with Crippen molar-refractivity contribution in [1.29, 1.82) is 0 Å². The predicted molar refractivity (Wildman–Crippen MR) is 124 cm³/mol. The van der Waals surface area contributed by atoms with Crippen molar-refractivity contribution in [2.45, 2.75) is 32.2 Å². The number of hydrogen-bond donors (Lipinski definition) is 1. The van der Waals surface area contributed by atoms with Crippen LogP contribution in [0.1, 0.15) is 31.2 Å². The van der Waals surface area contributed by atoms with Gasteiger partial charge in [0.2, 0.25) is 5.95 Å². The summed E-state index contributed by atoms with van der Waals surface area (Å²) in [7, 11) is 0. The summed E-state index contributed by atoms with van der Waals surface area (Å²) in [6, 6.07) is 18.9. The highest BCUT2D eigenvalue weighted by molar-refractivity contribution is 5.90. The molecule has 1 N–H and O–H groups in total. The molecule has 2 saturated heterocycles. The van der Waals surface area contributed by atoms with Crippen LogP contribution in [0.3, 0.4) is 0 Å². The Bertz CT molecular complexity index is 968. The second-order valence-electron chi connectivity index (χ2n) is 8.69. The molecular formula is C25H31N5. The number of piperidine rings is 1. The molecule has 1 aromatic heterocycles. The minimum absolute atomic E-state index is 0.717. The number of rotatable bonds is 6. The first-order chi connectivity index (χ1) is 14.8. The van der Waals surface area contributed by atoms with Crippen molar-refractivity contribution < 1.29 is 0 Å². The summed E-state index contributed by atoms with van der Waals surface area (Å²) in [6.45, 7) is 6.70. The maximum atomic E-state index is 5.00. The summed E-state index contributed by atoms with van der Waals surface area (Å²) in [6.07, 6.45) is 5.30. The third-order valence-electron chi connectivity index (χ3n) is 6.41. The summed E-state index contributed by atoms with van der Waals surface area (Å²) in [5, 5.41) is 4.60. The highest BCUT2D eigenvalue weighted by Gasteiger charge is 2.25. The quantitative estimate of drug-likeness (QED) is 0.656. The van der Waals surface area contributed by atoms with Crippen LogP contribution in [0.5, 0.6) is 0 Å². The molecule has 2 fully saturated rings. The Morgan fingerprint density at radius 1 is 0.867 bits per heavy atom. The number of aromatic nitrogens is 2. The van der Waals surface area contributed by atoms with Crippen molar-refractivity contribution in [2.24, 2.45) is 5.92 Å². The number of likely N-dealkylation sites (tertiary alicyclic amines) is 1. The van der Waals surface area contributed by atoms with Crippen LogP contribution >= 0.6 is 0 Å². The summed E-state index contributed by atoms with van der Waals surface area (Å²) >= 11 is 0. The normalized spacial score (nSPS) is 20.0. The molecule has 156 valence electrons. The first-order valence-electron chi connectivity index (χ1n) is 11.4. The molecule has 5 nitrogen and oxygen atoms in total. The van der Waals surface area contributed by atoms with Crippen molar-refractivity contribution in [3.8, 4) is 0 Å². The predicted octanol–water partition coefficient (Wildman–Crippen LogP) is 4.55. The number of nitrogens with zero attached hydrogens (tertiary/aromatic N) is 4. The van der Waals surface area contributed by atoms with E-state index in [1.54, 1.807) is 0 Å². The van der Waals surface area contributed by atoms with E-state index in [0.717, 1.165) is 42.3 Å². The van der Waals surface area contributed by atoms with Gasteiger partial charge in [0.1, 0.15) is 5.82 Å². The highest BCUT2D eigenvalue weighted by atomic mass is 15.2. The van der Waals surface area contributed by atoms with Crippen LogP contribution in [-0.4, -0.2) is 47.6 Å². The third kappa shape index (κ3) is 4.41. The minimum Gasteiger partial charge on any atom is -0.356 e. The molecule has 2 aromatic carbocycles. The molecule has 0 amide bonds. The van der Waals surface area contributed by atoms with Gasteiger partial charge in [0.25, 0.3) is 0 Å². The maximum absolute atomic E-state index is 5.00. The van der Waals surface area contributed by atoms with Gasteiger partial charge in [0.15, 0.2) is 0 Å². The van der Waals surface area contributed by atoms with Gasteiger partial charge in [-0.3, -0.25) is 0 Å². The van der Waals surface area contributed by atoms with E-state index >= 15 is 0 Å². The number of hydrogen-bond acceptors (Lipinski definition) is 5. The van der Waals surface area contributed by atoms with Crippen LogP contribution in [0.25, 0.3) is 10.9 Å². The molecule has 0 aliphatic carbocycles. The van der Waals surface area contributed by atoms with Crippen LogP contribution in [0.2, 0.25) is 0 Å². The Kier molecular flexibility index (Phi) is 5.80. The number of anilines is 2. The van der Waals surface area contributed by atoms with Crippen molar-refractivity contribution in [2.75, 3.05) is 42.9 Å². The van der Waals surface area contributed by atoms with Crippen LogP contribution in [-0.2, 0) is 6.54 Å². The van der Waals surface area contributed by atoms with E-state index in [0.29, 0.717) is 5.95 Å². The lowest BCUT2D eigenvalue weighted by Crippen LogP contribution is -2.41. The molecular weight excluding hydrogens is 370 g/mol. The molecule has 2 aliphatic heterocycles. The van der Waals surface area contributed by atoms with Crippen molar-refractivity contribution >= 4 is 22.7 Å². The Labute approximate surface area is 179 Å². The molecule has 0 bridgehead atoms. The fourth-order valence-electron chi connectivity index (χ4n) is 4.89. The zero-order valence-corrected chi connectivity index (χ0v) is 17.6. The van der Waals surface area contributed by atoms with E-state index in [2.05, 4.69) is 63.6 Å². The molecule has 2 aliphatic rings. The average molecular weight is 402 g/mol. The minimum atomic E-state index is 0.717. The van der Waals surface area contributed by atoms with E-state index in [1.165, 1.54) is 50.9 Å². The number of fused-ring (bicyclic) bond motifs is 1. The lowest BCUT2D eigenvalue weighted by molar-refractivity contribution is 0.255. The number of benzene rings is 2. The maximum Gasteiger partial charge on any atom is 0.225 e. The third-order valence-corrected chi connectivity index (χ3v) is 6.41. The first-order valence-corrected chi connectivity index (χ1v) is 11.4. The van der Waals surface area contributed by atoms with Gasteiger partial charge in [-0.05, 0) is 62.4 Å². The van der Waals surface area contributed by atoms with E-state index < -0.39 is 0 Å². The Balaban J connectivity index is 1.37. The molecule has 5 rings (SSSR count). The number of nitrogens with one attached hydrogen (secondary N) is 1. The topological polar surface area (TPSA) is 44.3 Å². The first kappa shape index (κ1) is 19.3. The fraction of sp³-hybridized carbons (Fsp3) is 0.440. The van der Waals surface area contributed by atoms with Gasteiger partial charge in [-0.25, -0.2) is 4.98 Å². The van der Waals surface area contributed by atoms with Crippen molar-refractivity contribution in [3.05, 3.63) is 60.2 Å².